The number of hydrogen-bond acceptors (Lipinski definition) is 2. The molecule has 1 aliphatic rings. The van der Waals surface area contributed by atoms with Gasteiger partial charge in [0.15, 0.2) is 0 Å². The number of rotatable bonds is 6. The summed E-state index contributed by atoms with van der Waals surface area (Å²) in [5.41, 5.74) is 0. The van der Waals surface area contributed by atoms with Crippen molar-refractivity contribution in [1.29, 1.82) is 0 Å². The van der Waals surface area contributed by atoms with Gasteiger partial charge >= 0.3 is 127 Å². The van der Waals surface area contributed by atoms with E-state index < -0.39 is 0 Å². The van der Waals surface area contributed by atoms with Gasteiger partial charge in [-0.05, 0) is 0 Å². The molecule has 1 aliphatic heterocycles. The Hall–Kier alpha value is 0.589. The average molecular weight is 373 g/mol. The van der Waals surface area contributed by atoms with Crippen molar-refractivity contribution in [3.63, 3.8) is 0 Å². The van der Waals surface area contributed by atoms with Gasteiger partial charge in [-0.15, -0.1) is 0 Å². The third-order valence-corrected chi connectivity index (χ3v) is 10.2. The van der Waals surface area contributed by atoms with Crippen molar-refractivity contribution >= 4 is 50.5 Å². The number of thioether (sulfide) groups is 1. The Kier molecular flexibility index (Phi) is 5.49. The number of hydrogen-bond donors (Lipinski definition) is 0. The molecule has 1 aromatic rings. The van der Waals surface area contributed by atoms with Gasteiger partial charge in [0, 0.05) is 0 Å². The van der Waals surface area contributed by atoms with Crippen LogP contribution in [0.4, 0.5) is 0 Å². The first kappa shape index (κ1) is 14.0. The number of unbranched alkanes of at least 4 members (excludes halogenated alkanes) is 3. The summed E-state index contributed by atoms with van der Waals surface area (Å²) in [6.07, 6.45) is 10.9. The topological polar surface area (TPSA) is 0 Å². The normalized spacial score (nSPS) is 24.2. The van der Waals surface area contributed by atoms with Crippen LogP contribution in [0.15, 0.2) is 23.6 Å². The van der Waals surface area contributed by atoms with Crippen molar-refractivity contribution in [2.24, 2.45) is 0 Å². The van der Waals surface area contributed by atoms with Gasteiger partial charge in [0.05, 0.1) is 0 Å². The monoisotopic (exact) mass is 374 g/mol. The fourth-order valence-corrected chi connectivity index (χ4v) is 7.99. The fraction of sp³-hybridized carbons (Fsp3) is 0.571. The van der Waals surface area contributed by atoms with Crippen LogP contribution in [0, 0.1) is 0 Å². The summed E-state index contributed by atoms with van der Waals surface area (Å²) >= 11 is 4.82. The zero-order valence-corrected chi connectivity index (χ0v) is 18.2. The molecule has 0 saturated heterocycles. The predicted molar refractivity (Wildman–Crippen MR) is 85.9 cm³/mol. The van der Waals surface area contributed by atoms with Gasteiger partial charge in [-0.25, -0.2) is 0 Å². The molecular formula is C14H22S2Sn. The Morgan fingerprint density at radius 3 is 2.94 bits per heavy atom. The van der Waals surface area contributed by atoms with Gasteiger partial charge < -0.3 is 0 Å². The van der Waals surface area contributed by atoms with E-state index in [9.17, 15) is 0 Å². The SMILES string of the molecule is CCCCCC[C]1([SnH3])CC=C(c2cccs2)S1. The second-order valence-corrected chi connectivity index (χ2v) is 15.2. The fourth-order valence-electron chi connectivity index (χ4n) is 2.31. The molecule has 17 heavy (non-hydrogen) atoms. The molecule has 0 fully saturated rings. The molecule has 0 spiro atoms. The van der Waals surface area contributed by atoms with Crippen molar-refractivity contribution in [1.82, 2.24) is 0 Å². The molecule has 0 N–H and O–H groups in total. The molecule has 0 saturated carbocycles. The van der Waals surface area contributed by atoms with E-state index in [0.29, 0.717) is 2.76 Å². The quantitative estimate of drug-likeness (QED) is 0.531. The molecule has 0 aromatic carbocycles. The molecule has 0 nitrogen and oxygen atoms in total. The van der Waals surface area contributed by atoms with Crippen molar-refractivity contribution in [3.05, 3.63) is 28.5 Å². The van der Waals surface area contributed by atoms with Gasteiger partial charge in [0.2, 0.25) is 0 Å². The minimum absolute atomic E-state index is 0.675. The Balaban J connectivity index is 1.82. The van der Waals surface area contributed by atoms with Crippen LogP contribution in [-0.2, 0) is 0 Å². The molecule has 0 radical (unpaired) electrons. The predicted octanol–water partition coefficient (Wildman–Crippen LogP) is 4.26. The standard InChI is InChI=1S/C14H19S2.Sn.3H/c1-2-3-4-5-7-12-9-10-14(16-12)13-8-6-11-15-13;;;;/h6,8,10-11H,2-5,7,9H2,1H3;;;;. The molecular weight excluding hydrogens is 351 g/mol. The zero-order valence-electron chi connectivity index (χ0n) is 10.9. The average Bonchev–Trinajstić information content (AvgIpc) is 2.94. The summed E-state index contributed by atoms with van der Waals surface area (Å²) in [5, 5.41) is 2.19. The molecule has 2 rings (SSSR count). The molecule has 1 unspecified atom stereocenters. The van der Waals surface area contributed by atoms with Crippen molar-refractivity contribution < 1.29 is 0 Å². The molecule has 0 amide bonds. The first-order chi connectivity index (χ1) is 8.23. The van der Waals surface area contributed by atoms with Crippen LogP contribution in [-0.4, -0.2) is 25.3 Å². The molecule has 2 heterocycles. The summed E-state index contributed by atoms with van der Waals surface area (Å²) in [6.45, 7) is 2.29. The first-order valence-corrected chi connectivity index (χ1v) is 11.2. The molecule has 1 aromatic heterocycles. The van der Waals surface area contributed by atoms with Crippen LogP contribution in [0.1, 0.15) is 50.3 Å². The molecule has 0 bridgehead atoms. The van der Waals surface area contributed by atoms with E-state index in [1.54, 1.807) is 4.91 Å². The third kappa shape index (κ3) is 4.03. The minimum atomic E-state index is 0.675. The van der Waals surface area contributed by atoms with Crippen LogP contribution in [0.5, 0.6) is 0 Å². The van der Waals surface area contributed by atoms with E-state index >= 15 is 0 Å². The van der Waals surface area contributed by atoms with Crippen molar-refractivity contribution in [2.45, 2.75) is 48.2 Å². The van der Waals surface area contributed by atoms with Gasteiger partial charge in [0.1, 0.15) is 0 Å². The van der Waals surface area contributed by atoms with Gasteiger partial charge in [-0.2, -0.15) is 0 Å². The second kappa shape index (κ2) is 6.67. The van der Waals surface area contributed by atoms with E-state index in [-0.39, 0.29) is 0 Å². The number of allylic oxidation sites excluding steroid dienone is 1. The zero-order chi connectivity index (χ0) is 12.1. The maximum atomic E-state index is 2.49. The molecule has 0 aliphatic carbocycles. The van der Waals surface area contributed by atoms with Gasteiger partial charge in [-0.3, -0.25) is 0 Å². The molecule has 1 atom stereocenters. The summed E-state index contributed by atoms with van der Waals surface area (Å²) < 4.78 is 0.675. The Labute approximate surface area is 126 Å². The molecule has 94 valence electrons. The summed E-state index contributed by atoms with van der Waals surface area (Å²) in [4.78, 5) is 3.05. The van der Waals surface area contributed by atoms with Crippen molar-refractivity contribution in [3.8, 4) is 0 Å². The van der Waals surface area contributed by atoms with Crippen molar-refractivity contribution in [2.75, 3.05) is 0 Å². The van der Waals surface area contributed by atoms with E-state index in [1.165, 1.54) is 43.4 Å². The summed E-state index contributed by atoms with van der Waals surface area (Å²) in [5.74, 6) is 0. The Morgan fingerprint density at radius 1 is 1.35 bits per heavy atom. The third-order valence-electron chi connectivity index (χ3n) is 3.40. The Bertz CT molecular complexity index is 370. The van der Waals surface area contributed by atoms with Crippen LogP contribution in [0.2, 0.25) is 0 Å². The Morgan fingerprint density at radius 2 is 2.24 bits per heavy atom. The second-order valence-electron chi connectivity index (χ2n) is 5.11. The first-order valence-electron chi connectivity index (χ1n) is 6.66. The van der Waals surface area contributed by atoms with Gasteiger partial charge in [0.25, 0.3) is 0 Å². The van der Waals surface area contributed by atoms with Crippen LogP contribution < -0.4 is 0 Å². The van der Waals surface area contributed by atoms with E-state index in [1.807, 2.05) is 11.3 Å². The number of thiophene rings is 1. The van der Waals surface area contributed by atoms with E-state index in [2.05, 4.69) is 42.3 Å². The summed E-state index contributed by atoms with van der Waals surface area (Å²) in [6, 6.07) is 4.43. The molecule has 3 heteroatoms. The summed E-state index contributed by atoms with van der Waals surface area (Å²) in [7, 11) is 0. The van der Waals surface area contributed by atoms with Crippen LogP contribution in [0.25, 0.3) is 4.91 Å². The maximum absolute atomic E-state index is 2.49. The van der Waals surface area contributed by atoms with Crippen LogP contribution >= 0.6 is 23.1 Å². The van der Waals surface area contributed by atoms with E-state index in [0.717, 1.165) is 22.5 Å². The van der Waals surface area contributed by atoms with E-state index in [4.69, 9.17) is 0 Å². The van der Waals surface area contributed by atoms with Crippen LogP contribution in [0.3, 0.4) is 0 Å². The van der Waals surface area contributed by atoms with Gasteiger partial charge in [-0.1, -0.05) is 0 Å².